The molecule has 0 aromatic carbocycles. The van der Waals surface area contributed by atoms with Crippen LogP contribution in [0.5, 0.6) is 0 Å². The molecule has 9 atom stereocenters. The molecule has 0 radical (unpaired) electrons. The topological polar surface area (TPSA) is 125 Å². The van der Waals surface area contributed by atoms with Crippen LogP contribution in [0.25, 0.3) is 0 Å². The molecule has 7 nitrogen and oxygen atoms in total. The predicted octanol–water partition coefficient (Wildman–Crippen LogP) is 9.79. The smallest absolute Gasteiger partial charge is 0.325 e. The third kappa shape index (κ3) is 13.2. The van der Waals surface area contributed by atoms with Gasteiger partial charge in [-0.05, 0) is 130 Å². The van der Waals surface area contributed by atoms with Crippen molar-refractivity contribution in [3.63, 3.8) is 0 Å². The highest BCUT2D eigenvalue weighted by atomic mass is 35.5. The van der Waals surface area contributed by atoms with Crippen LogP contribution in [-0.2, 0) is 14.3 Å². The number of hydrogen-bond donors (Lipinski definition) is 3. The average Bonchev–Trinajstić information content (AvgIpc) is 3.44. The van der Waals surface area contributed by atoms with E-state index in [1.165, 1.54) is 56.9 Å². The van der Waals surface area contributed by atoms with Gasteiger partial charge in [-0.2, -0.15) is 0 Å². The monoisotopic (exact) mass is 807 g/mol. The van der Waals surface area contributed by atoms with Crippen LogP contribution in [0, 0.1) is 46.3 Å². The maximum atomic E-state index is 13.4. The third-order valence-electron chi connectivity index (χ3n) is 14.4. The minimum Gasteiger partial charge on any atom is -0.461 e. The Morgan fingerprint density at radius 2 is 1.47 bits per heavy atom. The number of unbranched alkanes of at least 4 members (excludes halogenated alkanes) is 6. The van der Waals surface area contributed by atoms with Gasteiger partial charge >= 0.3 is 5.97 Å². The molecular weight excluding hydrogens is 727 g/mol. The van der Waals surface area contributed by atoms with Crippen LogP contribution in [0.1, 0.15) is 163 Å². The van der Waals surface area contributed by atoms with E-state index >= 15 is 0 Å². The summed E-state index contributed by atoms with van der Waals surface area (Å²) in [4.78, 5) is 28.5. The fourth-order valence-corrected chi connectivity index (χ4v) is 11.4. The summed E-state index contributed by atoms with van der Waals surface area (Å²) in [6, 6.07) is -0.602. The number of hydrogen-bond acceptors (Lipinski definition) is 6. The summed E-state index contributed by atoms with van der Waals surface area (Å²) in [5.74, 6) is 4.49. The van der Waals surface area contributed by atoms with E-state index in [0.717, 1.165) is 113 Å². The van der Waals surface area contributed by atoms with Crippen LogP contribution >= 0.6 is 37.2 Å². The van der Waals surface area contributed by atoms with Crippen molar-refractivity contribution in [1.29, 1.82) is 0 Å². The molecule has 0 aromatic rings. The summed E-state index contributed by atoms with van der Waals surface area (Å²) in [6.07, 6.45) is 24.9. The zero-order valence-corrected chi connectivity index (χ0v) is 36.7. The molecule has 6 N–H and O–H groups in total. The summed E-state index contributed by atoms with van der Waals surface area (Å²) in [5.41, 5.74) is 19.9. The number of nitrogens with zero attached hydrogens (tertiary/aromatic N) is 1. The standard InChI is InChI=1S/C43H78N4O3.3ClH/c1-31(2)15-14-16-32(3)36-20-21-37-35-19-18-33-29-34(22-24-42(33,4)38(35)23-25-43(36,37)5)50-40(48)30-47(28-13-9-7-6-8-11-26-44)41(49)39(46)17-10-12-27-45;;;/h18,31-32,34-39H,6-17,19-30,44-46H2,1-5H3;3*1H/t32?,34-,35-,36+,37-,38-,39?,42-,43+;;;/m0.../s1. The second kappa shape index (κ2) is 24.3. The molecule has 312 valence electrons. The van der Waals surface area contributed by atoms with Crippen LogP contribution in [0.2, 0.25) is 0 Å². The highest BCUT2D eigenvalue weighted by molar-refractivity contribution is 5.86. The number of amides is 1. The minimum absolute atomic E-state index is 0. The summed E-state index contributed by atoms with van der Waals surface area (Å²) in [6.45, 7) is 14.4. The number of halogens is 3. The SMILES string of the molecule is CC(C)CCCC(C)[C@H]1CC[C@H]2[C@@H]3CC=C4C[C@@H](OC(=O)CN(CCCCCCCCN)C(=O)C(N)CCCCN)CC[C@]4(C)[C@H]3CC[C@]12C.Cl.Cl.Cl. The lowest BCUT2D eigenvalue weighted by molar-refractivity contribution is -0.156. The fourth-order valence-electron chi connectivity index (χ4n) is 11.4. The zero-order valence-electron chi connectivity index (χ0n) is 34.3. The first kappa shape index (κ1) is 50.4. The van der Waals surface area contributed by atoms with Crippen molar-refractivity contribution in [1.82, 2.24) is 4.90 Å². The summed E-state index contributed by atoms with van der Waals surface area (Å²) in [7, 11) is 0. The van der Waals surface area contributed by atoms with Crippen LogP contribution < -0.4 is 17.2 Å². The van der Waals surface area contributed by atoms with Crippen LogP contribution in [0.3, 0.4) is 0 Å². The number of fused-ring (bicyclic) bond motifs is 5. The molecule has 10 heteroatoms. The van der Waals surface area contributed by atoms with Crippen LogP contribution in [-0.4, -0.2) is 55.1 Å². The molecular formula is C43H81Cl3N4O3. The van der Waals surface area contributed by atoms with Gasteiger partial charge in [0.1, 0.15) is 12.6 Å². The number of esters is 1. The first-order valence-electron chi connectivity index (χ1n) is 21.3. The quantitative estimate of drug-likeness (QED) is 0.0603. The van der Waals surface area contributed by atoms with E-state index < -0.39 is 6.04 Å². The second-order valence-corrected chi connectivity index (χ2v) is 18.2. The molecule has 0 saturated heterocycles. The van der Waals surface area contributed by atoms with Crippen molar-refractivity contribution >= 4 is 49.1 Å². The van der Waals surface area contributed by atoms with Gasteiger partial charge in [0, 0.05) is 13.0 Å². The molecule has 4 rings (SSSR count). The number of carbonyl (C=O) groups excluding carboxylic acids is 2. The van der Waals surface area contributed by atoms with E-state index in [2.05, 4.69) is 40.7 Å². The first-order valence-corrected chi connectivity index (χ1v) is 21.3. The maximum absolute atomic E-state index is 13.4. The molecule has 53 heavy (non-hydrogen) atoms. The van der Waals surface area contributed by atoms with Crippen molar-refractivity contribution in [3.8, 4) is 0 Å². The van der Waals surface area contributed by atoms with Gasteiger partial charge in [0.05, 0.1) is 6.04 Å². The molecule has 4 aliphatic rings. The number of allylic oxidation sites excluding steroid dienone is 1. The lowest BCUT2D eigenvalue weighted by Gasteiger charge is -2.58. The molecule has 2 unspecified atom stereocenters. The normalized spacial score (nSPS) is 29.9. The molecule has 3 saturated carbocycles. The molecule has 0 spiro atoms. The fraction of sp³-hybridized carbons (Fsp3) is 0.907. The minimum atomic E-state index is -0.602. The van der Waals surface area contributed by atoms with E-state index in [1.54, 1.807) is 4.90 Å². The lowest BCUT2D eigenvalue weighted by Crippen LogP contribution is -2.51. The third-order valence-corrected chi connectivity index (χ3v) is 14.4. The van der Waals surface area contributed by atoms with Crippen molar-refractivity contribution in [2.45, 2.75) is 175 Å². The Labute approximate surface area is 343 Å². The highest BCUT2D eigenvalue weighted by Gasteiger charge is 2.59. The van der Waals surface area contributed by atoms with E-state index in [-0.39, 0.29) is 67.2 Å². The molecule has 1 amide bonds. The molecule has 0 heterocycles. The summed E-state index contributed by atoms with van der Waals surface area (Å²) >= 11 is 0. The van der Waals surface area contributed by atoms with E-state index in [4.69, 9.17) is 21.9 Å². The van der Waals surface area contributed by atoms with Gasteiger partial charge in [-0.3, -0.25) is 9.59 Å². The Morgan fingerprint density at radius 3 is 2.15 bits per heavy atom. The zero-order chi connectivity index (χ0) is 36.3. The molecule has 0 bridgehead atoms. The molecule has 0 aromatic heterocycles. The van der Waals surface area contributed by atoms with Crippen LogP contribution in [0.15, 0.2) is 11.6 Å². The van der Waals surface area contributed by atoms with Crippen molar-refractivity contribution in [2.75, 3.05) is 26.2 Å². The summed E-state index contributed by atoms with van der Waals surface area (Å²) < 4.78 is 6.18. The maximum Gasteiger partial charge on any atom is 0.325 e. The van der Waals surface area contributed by atoms with Gasteiger partial charge in [-0.25, -0.2) is 0 Å². The lowest BCUT2D eigenvalue weighted by atomic mass is 9.47. The number of carbonyl (C=O) groups is 2. The molecule has 4 aliphatic carbocycles. The molecule has 3 fully saturated rings. The first-order chi connectivity index (χ1) is 23.9. The average molecular weight is 809 g/mol. The van der Waals surface area contributed by atoms with Gasteiger partial charge in [-0.1, -0.05) is 97.6 Å². The van der Waals surface area contributed by atoms with Crippen molar-refractivity contribution in [2.24, 2.45) is 63.5 Å². The Hall–Kier alpha value is -0.570. The molecule has 0 aliphatic heterocycles. The number of ether oxygens (including phenoxy) is 1. The van der Waals surface area contributed by atoms with E-state index in [1.807, 2.05) is 0 Å². The second-order valence-electron chi connectivity index (χ2n) is 18.2. The van der Waals surface area contributed by atoms with Gasteiger partial charge in [0.2, 0.25) is 5.91 Å². The predicted molar refractivity (Wildman–Crippen MR) is 229 cm³/mol. The van der Waals surface area contributed by atoms with Crippen molar-refractivity contribution < 1.29 is 14.3 Å². The van der Waals surface area contributed by atoms with Gasteiger partial charge in [0.25, 0.3) is 0 Å². The Balaban J connectivity index is 0.00000468. The Morgan fingerprint density at radius 1 is 0.811 bits per heavy atom. The highest BCUT2D eigenvalue weighted by Crippen LogP contribution is 2.67. The van der Waals surface area contributed by atoms with Gasteiger partial charge in [-0.15, -0.1) is 37.2 Å². The van der Waals surface area contributed by atoms with Crippen molar-refractivity contribution in [3.05, 3.63) is 11.6 Å². The van der Waals surface area contributed by atoms with E-state index in [9.17, 15) is 9.59 Å². The Bertz CT molecular complexity index is 1110. The van der Waals surface area contributed by atoms with E-state index in [0.29, 0.717) is 24.9 Å². The number of nitrogens with two attached hydrogens (primary N) is 3. The van der Waals surface area contributed by atoms with Gasteiger partial charge < -0.3 is 26.8 Å². The number of rotatable bonds is 21. The Kier molecular flexibility index (Phi) is 23.1. The summed E-state index contributed by atoms with van der Waals surface area (Å²) in [5, 5.41) is 0. The van der Waals surface area contributed by atoms with Gasteiger partial charge in [0.15, 0.2) is 0 Å². The van der Waals surface area contributed by atoms with Crippen LogP contribution in [0.4, 0.5) is 0 Å². The largest absolute Gasteiger partial charge is 0.461 e.